The quantitative estimate of drug-likeness (QED) is 0.836. The molecule has 2 saturated carbocycles. The molecular formula is C11H16F3NO2. The summed E-state index contributed by atoms with van der Waals surface area (Å²) in [6, 6.07) is 0. The van der Waals surface area contributed by atoms with E-state index in [1.165, 1.54) is 0 Å². The summed E-state index contributed by atoms with van der Waals surface area (Å²) in [7, 11) is 0. The first-order chi connectivity index (χ1) is 7.89. The highest BCUT2D eigenvalue weighted by molar-refractivity contribution is 5.69. The highest BCUT2D eigenvalue weighted by atomic mass is 19.4. The number of carbonyl (C=O) groups is 1. The molecule has 0 aromatic heterocycles. The molecule has 6 heteroatoms. The molecule has 0 aromatic carbocycles. The van der Waals surface area contributed by atoms with Gasteiger partial charge in [0, 0.05) is 0 Å². The van der Waals surface area contributed by atoms with Gasteiger partial charge in [0.1, 0.15) is 6.10 Å². The Balaban J connectivity index is 1.78. The van der Waals surface area contributed by atoms with Crippen LogP contribution in [0.5, 0.6) is 0 Å². The Labute approximate surface area is 97.7 Å². The number of ether oxygens (including phenoxy) is 1. The number of hydrogen-bond acceptors (Lipinski definition) is 2. The van der Waals surface area contributed by atoms with E-state index < -0.39 is 24.2 Å². The van der Waals surface area contributed by atoms with Crippen molar-refractivity contribution < 1.29 is 22.7 Å². The summed E-state index contributed by atoms with van der Waals surface area (Å²) >= 11 is 0. The Morgan fingerprint density at radius 3 is 2.35 bits per heavy atom. The van der Waals surface area contributed by atoms with Crippen molar-refractivity contribution in [2.24, 2.45) is 0 Å². The molecule has 2 fully saturated rings. The molecule has 1 N–H and O–H groups in total. The molecule has 0 aliphatic heterocycles. The lowest BCUT2D eigenvalue weighted by Gasteiger charge is -2.20. The van der Waals surface area contributed by atoms with E-state index in [1.54, 1.807) is 0 Å². The normalized spacial score (nSPS) is 23.5. The SMILES string of the molecule is O=C(NC1(CC(F)(F)F)CC1)OC1CCCC1. The molecule has 0 unspecified atom stereocenters. The van der Waals surface area contributed by atoms with E-state index in [0.29, 0.717) is 12.8 Å². The first-order valence-electron chi connectivity index (χ1n) is 5.94. The van der Waals surface area contributed by atoms with Crippen LogP contribution in [0.15, 0.2) is 0 Å². The monoisotopic (exact) mass is 251 g/mol. The summed E-state index contributed by atoms with van der Waals surface area (Å²) in [5, 5.41) is 2.37. The van der Waals surface area contributed by atoms with Gasteiger partial charge in [-0.1, -0.05) is 0 Å². The van der Waals surface area contributed by atoms with Crippen molar-refractivity contribution in [1.29, 1.82) is 0 Å². The third-order valence-corrected chi connectivity index (χ3v) is 3.34. The second-order valence-corrected chi connectivity index (χ2v) is 5.01. The van der Waals surface area contributed by atoms with Gasteiger partial charge < -0.3 is 10.1 Å². The van der Waals surface area contributed by atoms with Gasteiger partial charge in [-0.2, -0.15) is 13.2 Å². The van der Waals surface area contributed by atoms with E-state index in [-0.39, 0.29) is 6.10 Å². The zero-order valence-corrected chi connectivity index (χ0v) is 9.48. The van der Waals surface area contributed by atoms with Gasteiger partial charge in [-0.3, -0.25) is 0 Å². The van der Waals surface area contributed by atoms with Crippen LogP contribution in [0.3, 0.4) is 0 Å². The molecule has 0 bridgehead atoms. The van der Waals surface area contributed by atoms with Crippen molar-refractivity contribution in [1.82, 2.24) is 5.32 Å². The summed E-state index contributed by atoms with van der Waals surface area (Å²) in [6.45, 7) is 0. The van der Waals surface area contributed by atoms with Gasteiger partial charge in [0.05, 0.1) is 12.0 Å². The van der Waals surface area contributed by atoms with Gasteiger partial charge in [0.25, 0.3) is 0 Å². The number of carbonyl (C=O) groups excluding carboxylic acids is 1. The van der Waals surface area contributed by atoms with Crippen molar-refractivity contribution in [3.8, 4) is 0 Å². The fourth-order valence-electron chi connectivity index (χ4n) is 2.28. The molecule has 0 atom stereocenters. The number of nitrogens with one attached hydrogen (secondary N) is 1. The van der Waals surface area contributed by atoms with Crippen LogP contribution < -0.4 is 5.32 Å². The van der Waals surface area contributed by atoms with E-state index in [0.717, 1.165) is 25.7 Å². The minimum absolute atomic E-state index is 0.114. The Morgan fingerprint density at radius 1 is 1.29 bits per heavy atom. The topological polar surface area (TPSA) is 38.3 Å². The predicted octanol–water partition coefficient (Wildman–Crippen LogP) is 3.14. The summed E-state index contributed by atoms with van der Waals surface area (Å²) in [6.07, 6.45) is -1.57. The van der Waals surface area contributed by atoms with Crippen LogP contribution >= 0.6 is 0 Å². The number of alkyl carbamates (subject to hydrolysis) is 1. The molecule has 3 nitrogen and oxygen atoms in total. The minimum atomic E-state index is -4.24. The Hall–Kier alpha value is -0.940. The van der Waals surface area contributed by atoms with Crippen LogP contribution in [-0.2, 0) is 4.74 Å². The summed E-state index contributed by atoms with van der Waals surface area (Å²) < 4.78 is 41.8. The molecule has 1 amide bonds. The van der Waals surface area contributed by atoms with Gasteiger partial charge in [0.15, 0.2) is 0 Å². The molecule has 0 aromatic rings. The lowest BCUT2D eigenvalue weighted by Crippen LogP contribution is -2.41. The van der Waals surface area contributed by atoms with E-state index in [1.807, 2.05) is 0 Å². The smallest absolute Gasteiger partial charge is 0.407 e. The maximum Gasteiger partial charge on any atom is 0.407 e. The average Bonchev–Trinajstić information content (AvgIpc) is 2.72. The summed E-state index contributed by atoms with van der Waals surface area (Å²) in [5.41, 5.74) is -1.09. The molecule has 98 valence electrons. The molecule has 2 aliphatic carbocycles. The highest BCUT2D eigenvalue weighted by Crippen LogP contribution is 2.44. The summed E-state index contributed by atoms with van der Waals surface area (Å²) in [4.78, 5) is 11.4. The van der Waals surface area contributed by atoms with E-state index in [9.17, 15) is 18.0 Å². The van der Waals surface area contributed by atoms with Gasteiger partial charge in [0.2, 0.25) is 0 Å². The maximum absolute atomic E-state index is 12.3. The van der Waals surface area contributed by atoms with Gasteiger partial charge in [-0.05, 0) is 38.5 Å². The van der Waals surface area contributed by atoms with Crippen LogP contribution in [0, 0.1) is 0 Å². The van der Waals surface area contributed by atoms with Crippen molar-refractivity contribution in [2.45, 2.75) is 62.8 Å². The Bertz CT molecular complexity index is 294. The lowest BCUT2D eigenvalue weighted by atomic mass is 10.2. The minimum Gasteiger partial charge on any atom is -0.446 e. The third kappa shape index (κ3) is 3.78. The predicted molar refractivity (Wildman–Crippen MR) is 54.5 cm³/mol. The van der Waals surface area contributed by atoms with Crippen LogP contribution in [0.1, 0.15) is 44.9 Å². The van der Waals surface area contributed by atoms with Crippen LogP contribution in [0.25, 0.3) is 0 Å². The van der Waals surface area contributed by atoms with Gasteiger partial charge >= 0.3 is 12.3 Å². The van der Waals surface area contributed by atoms with Crippen molar-refractivity contribution in [3.05, 3.63) is 0 Å². The number of rotatable bonds is 3. The van der Waals surface area contributed by atoms with Crippen molar-refractivity contribution >= 4 is 6.09 Å². The standard InChI is InChI=1S/C11H16F3NO2/c12-11(13,14)7-10(5-6-10)15-9(16)17-8-3-1-2-4-8/h8H,1-7H2,(H,15,16). The van der Waals surface area contributed by atoms with Crippen molar-refractivity contribution in [2.75, 3.05) is 0 Å². The largest absolute Gasteiger partial charge is 0.446 e. The van der Waals surface area contributed by atoms with Gasteiger partial charge in [-0.15, -0.1) is 0 Å². The number of amides is 1. The molecule has 17 heavy (non-hydrogen) atoms. The fourth-order valence-corrected chi connectivity index (χ4v) is 2.28. The number of alkyl halides is 3. The Kier molecular flexibility index (Phi) is 3.23. The van der Waals surface area contributed by atoms with Crippen LogP contribution in [-0.4, -0.2) is 23.9 Å². The zero-order valence-electron chi connectivity index (χ0n) is 9.48. The second kappa shape index (κ2) is 4.38. The van der Waals surface area contributed by atoms with Gasteiger partial charge in [-0.25, -0.2) is 4.79 Å². The molecule has 2 rings (SSSR count). The molecule has 0 spiro atoms. The third-order valence-electron chi connectivity index (χ3n) is 3.34. The first-order valence-corrected chi connectivity index (χ1v) is 5.94. The molecule has 0 radical (unpaired) electrons. The van der Waals surface area contributed by atoms with E-state index in [2.05, 4.69) is 5.32 Å². The summed E-state index contributed by atoms with van der Waals surface area (Å²) in [5.74, 6) is 0. The number of hydrogen-bond donors (Lipinski definition) is 1. The van der Waals surface area contributed by atoms with E-state index in [4.69, 9.17) is 4.74 Å². The average molecular weight is 251 g/mol. The zero-order chi connectivity index (χ0) is 12.5. The fraction of sp³-hybridized carbons (Fsp3) is 0.909. The second-order valence-electron chi connectivity index (χ2n) is 5.01. The van der Waals surface area contributed by atoms with Crippen LogP contribution in [0.2, 0.25) is 0 Å². The van der Waals surface area contributed by atoms with E-state index >= 15 is 0 Å². The maximum atomic E-state index is 12.3. The molecule has 2 aliphatic rings. The lowest BCUT2D eigenvalue weighted by molar-refractivity contribution is -0.141. The number of halogens is 3. The van der Waals surface area contributed by atoms with Crippen molar-refractivity contribution in [3.63, 3.8) is 0 Å². The molecular weight excluding hydrogens is 235 g/mol. The Morgan fingerprint density at radius 2 is 1.88 bits per heavy atom. The first kappa shape index (κ1) is 12.5. The molecule has 0 saturated heterocycles. The highest BCUT2D eigenvalue weighted by Gasteiger charge is 2.52. The molecule has 0 heterocycles. The van der Waals surface area contributed by atoms with Crippen LogP contribution in [0.4, 0.5) is 18.0 Å².